The van der Waals surface area contributed by atoms with Crippen LogP contribution in [-0.2, 0) is 22.7 Å². The van der Waals surface area contributed by atoms with Crippen LogP contribution in [0.25, 0.3) is 0 Å². The van der Waals surface area contributed by atoms with Crippen LogP contribution in [-0.4, -0.2) is 38.5 Å². The van der Waals surface area contributed by atoms with Crippen molar-refractivity contribution < 1.29 is 9.53 Å². The molecule has 3 heterocycles. The lowest BCUT2D eigenvalue weighted by atomic mass is 10.0. The number of pyridine rings is 1. The zero-order valence-corrected chi connectivity index (χ0v) is 15.1. The van der Waals surface area contributed by atoms with E-state index in [2.05, 4.69) is 14.5 Å². The van der Waals surface area contributed by atoms with Gasteiger partial charge in [-0.25, -0.2) is 4.98 Å². The minimum absolute atomic E-state index is 0.109. The van der Waals surface area contributed by atoms with Gasteiger partial charge in [0.15, 0.2) is 0 Å². The summed E-state index contributed by atoms with van der Waals surface area (Å²) in [6.07, 6.45) is 11.1. The van der Waals surface area contributed by atoms with Gasteiger partial charge in [0, 0.05) is 25.4 Å². The van der Waals surface area contributed by atoms with Gasteiger partial charge in [0.05, 0.1) is 43.5 Å². The number of nitrogens with zero attached hydrogens (tertiary/aromatic N) is 4. The first-order valence-electron chi connectivity index (χ1n) is 9.55. The predicted octanol–water partition coefficient (Wildman–Crippen LogP) is 2.96. The maximum absolute atomic E-state index is 12.8. The van der Waals surface area contributed by atoms with Crippen molar-refractivity contribution in [3.8, 4) is 0 Å². The summed E-state index contributed by atoms with van der Waals surface area (Å²) in [7, 11) is 0. The molecule has 2 aliphatic rings. The molecule has 1 unspecified atom stereocenters. The normalized spacial score (nSPS) is 20.3. The van der Waals surface area contributed by atoms with E-state index in [9.17, 15) is 4.79 Å². The fourth-order valence-corrected chi connectivity index (χ4v) is 4.08. The Hall–Kier alpha value is -2.21. The quantitative estimate of drug-likeness (QED) is 0.800. The molecule has 1 aliphatic carbocycles. The van der Waals surface area contributed by atoms with Crippen LogP contribution in [0, 0.1) is 5.92 Å². The van der Waals surface area contributed by atoms with Crippen LogP contribution in [0.3, 0.4) is 0 Å². The third-order valence-electron chi connectivity index (χ3n) is 5.50. The molecule has 1 amide bonds. The Balaban J connectivity index is 1.37. The van der Waals surface area contributed by atoms with Crippen LogP contribution in [0.15, 0.2) is 36.9 Å². The molecule has 4 rings (SSSR count). The molecule has 1 fully saturated rings. The second-order valence-corrected chi connectivity index (χ2v) is 7.41. The number of aromatic nitrogens is 3. The van der Waals surface area contributed by atoms with Crippen molar-refractivity contribution >= 4 is 5.91 Å². The van der Waals surface area contributed by atoms with Gasteiger partial charge in [0.25, 0.3) is 0 Å². The fourth-order valence-electron chi connectivity index (χ4n) is 4.08. The Morgan fingerprint density at radius 2 is 2.15 bits per heavy atom. The molecule has 1 saturated carbocycles. The third kappa shape index (κ3) is 3.96. The van der Waals surface area contributed by atoms with Crippen molar-refractivity contribution in [2.24, 2.45) is 5.92 Å². The van der Waals surface area contributed by atoms with Gasteiger partial charge in [0.2, 0.25) is 5.91 Å². The minimum atomic E-state index is 0.109. The molecule has 2 aromatic rings. The van der Waals surface area contributed by atoms with Gasteiger partial charge in [-0.15, -0.1) is 0 Å². The number of amides is 1. The van der Waals surface area contributed by atoms with Gasteiger partial charge in [-0.3, -0.25) is 9.78 Å². The Bertz CT molecular complexity index is 724. The molecule has 0 bridgehead atoms. The van der Waals surface area contributed by atoms with Crippen LogP contribution >= 0.6 is 0 Å². The van der Waals surface area contributed by atoms with E-state index in [1.807, 2.05) is 35.6 Å². The largest absolute Gasteiger partial charge is 0.373 e. The Kier molecular flexibility index (Phi) is 5.29. The highest BCUT2D eigenvalue weighted by Crippen LogP contribution is 2.29. The molecule has 138 valence electrons. The lowest BCUT2D eigenvalue weighted by Crippen LogP contribution is -2.42. The number of carbonyl (C=O) groups excluding carboxylic acids is 1. The molecule has 26 heavy (non-hydrogen) atoms. The predicted molar refractivity (Wildman–Crippen MR) is 97.1 cm³/mol. The van der Waals surface area contributed by atoms with E-state index >= 15 is 0 Å². The van der Waals surface area contributed by atoms with E-state index in [0.717, 1.165) is 11.4 Å². The Labute approximate surface area is 154 Å². The first-order valence-corrected chi connectivity index (χ1v) is 9.55. The monoisotopic (exact) mass is 354 g/mol. The summed E-state index contributed by atoms with van der Waals surface area (Å²) in [5.74, 6) is 0.854. The van der Waals surface area contributed by atoms with E-state index < -0.39 is 0 Å². The lowest BCUT2D eigenvalue weighted by Gasteiger charge is -2.35. The summed E-state index contributed by atoms with van der Waals surface area (Å²) in [5.41, 5.74) is 2.01. The molecule has 6 heteroatoms. The lowest BCUT2D eigenvalue weighted by molar-refractivity contribution is -0.134. The number of fused-ring (bicyclic) bond motifs is 1. The zero-order valence-electron chi connectivity index (χ0n) is 15.1. The molecule has 0 radical (unpaired) electrons. The van der Waals surface area contributed by atoms with Gasteiger partial charge in [-0.05, 0) is 30.9 Å². The highest BCUT2D eigenvalue weighted by molar-refractivity contribution is 5.76. The van der Waals surface area contributed by atoms with Crippen molar-refractivity contribution in [1.82, 2.24) is 19.4 Å². The summed E-state index contributed by atoms with van der Waals surface area (Å²) in [4.78, 5) is 23.3. The molecule has 1 aliphatic heterocycles. The van der Waals surface area contributed by atoms with Crippen molar-refractivity contribution in [2.75, 3.05) is 13.2 Å². The molecule has 1 atom stereocenters. The number of hydrogen-bond donors (Lipinski definition) is 0. The van der Waals surface area contributed by atoms with Gasteiger partial charge in [-0.2, -0.15) is 0 Å². The van der Waals surface area contributed by atoms with Crippen molar-refractivity contribution in [2.45, 2.75) is 51.3 Å². The summed E-state index contributed by atoms with van der Waals surface area (Å²) in [5, 5.41) is 0. The number of imidazole rings is 1. The van der Waals surface area contributed by atoms with E-state index in [4.69, 9.17) is 4.74 Å². The maximum atomic E-state index is 12.8. The molecular weight excluding hydrogens is 328 g/mol. The van der Waals surface area contributed by atoms with Crippen LogP contribution in [0.2, 0.25) is 0 Å². The van der Waals surface area contributed by atoms with Gasteiger partial charge in [0.1, 0.15) is 0 Å². The standard InChI is InChI=1S/C20H26N4O2/c25-20(9-16-5-1-2-6-16)23-11-18-10-21-15-24(18)19(12-23)14-26-13-17-7-3-4-8-22-17/h3-4,7-8,10,15-16,19H,1-2,5-6,9,11-14H2. The second-order valence-electron chi connectivity index (χ2n) is 7.41. The average Bonchev–Trinajstić information content (AvgIpc) is 3.34. The average molecular weight is 354 g/mol. The summed E-state index contributed by atoms with van der Waals surface area (Å²) in [6, 6.07) is 5.93. The van der Waals surface area contributed by atoms with Crippen molar-refractivity contribution in [3.05, 3.63) is 48.3 Å². The first-order chi connectivity index (χ1) is 12.8. The fraction of sp³-hybridized carbons (Fsp3) is 0.550. The van der Waals surface area contributed by atoms with E-state index in [-0.39, 0.29) is 11.9 Å². The van der Waals surface area contributed by atoms with E-state index in [0.29, 0.717) is 38.6 Å². The van der Waals surface area contributed by atoms with Crippen LogP contribution < -0.4 is 0 Å². The number of hydrogen-bond acceptors (Lipinski definition) is 4. The molecule has 0 aromatic carbocycles. The summed E-state index contributed by atoms with van der Waals surface area (Å²) < 4.78 is 8.05. The smallest absolute Gasteiger partial charge is 0.223 e. The molecule has 0 saturated heterocycles. The van der Waals surface area contributed by atoms with Gasteiger partial charge < -0.3 is 14.2 Å². The van der Waals surface area contributed by atoms with Gasteiger partial charge >= 0.3 is 0 Å². The molecule has 0 spiro atoms. The molecule has 0 N–H and O–H groups in total. The second kappa shape index (κ2) is 7.99. The van der Waals surface area contributed by atoms with Crippen LogP contribution in [0.5, 0.6) is 0 Å². The van der Waals surface area contributed by atoms with Crippen LogP contribution in [0.4, 0.5) is 0 Å². The van der Waals surface area contributed by atoms with Crippen molar-refractivity contribution in [1.29, 1.82) is 0 Å². The Morgan fingerprint density at radius 1 is 1.27 bits per heavy atom. The molecule has 2 aromatic heterocycles. The first kappa shape index (κ1) is 17.2. The third-order valence-corrected chi connectivity index (χ3v) is 5.50. The molecular formula is C20H26N4O2. The highest BCUT2D eigenvalue weighted by atomic mass is 16.5. The zero-order chi connectivity index (χ0) is 17.8. The van der Waals surface area contributed by atoms with E-state index in [1.165, 1.54) is 25.7 Å². The molecule has 6 nitrogen and oxygen atoms in total. The summed E-state index contributed by atoms with van der Waals surface area (Å²) >= 11 is 0. The minimum Gasteiger partial charge on any atom is -0.373 e. The van der Waals surface area contributed by atoms with Crippen LogP contribution in [0.1, 0.15) is 49.5 Å². The number of carbonyl (C=O) groups is 1. The number of rotatable bonds is 6. The SMILES string of the molecule is O=C(CC1CCCC1)N1Cc2cncn2C(COCc2ccccn2)C1. The van der Waals surface area contributed by atoms with Gasteiger partial charge in [-0.1, -0.05) is 18.9 Å². The highest BCUT2D eigenvalue weighted by Gasteiger charge is 2.29. The Morgan fingerprint density at radius 3 is 2.96 bits per heavy atom. The topological polar surface area (TPSA) is 60.2 Å². The van der Waals surface area contributed by atoms with E-state index in [1.54, 1.807) is 6.20 Å². The number of ether oxygens (including phenoxy) is 1. The van der Waals surface area contributed by atoms with Crippen molar-refractivity contribution in [3.63, 3.8) is 0 Å². The summed E-state index contributed by atoms with van der Waals surface area (Å²) in [6.45, 7) is 2.38. The maximum Gasteiger partial charge on any atom is 0.223 e.